The molecule has 0 saturated heterocycles. The van der Waals surface area contributed by atoms with Gasteiger partial charge in [0.1, 0.15) is 12.4 Å². The first-order chi connectivity index (χ1) is 6.36. The van der Waals surface area contributed by atoms with Crippen molar-refractivity contribution in [3.63, 3.8) is 0 Å². The van der Waals surface area contributed by atoms with Gasteiger partial charge in [-0.05, 0) is 19.1 Å². The van der Waals surface area contributed by atoms with Gasteiger partial charge in [0.25, 0.3) is 0 Å². The average Bonchev–Trinajstić information content (AvgIpc) is 2.19. The van der Waals surface area contributed by atoms with Gasteiger partial charge in [0.2, 0.25) is 0 Å². The van der Waals surface area contributed by atoms with Crippen LogP contribution in [0.4, 0.5) is 0 Å². The van der Waals surface area contributed by atoms with Crippen LogP contribution < -0.4 is 10.5 Å². The van der Waals surface area contributed by atoms with Gasteiger partial charge in [-0.15, -0.1) is 0 Å². The first-order valence-corrected chi connectivity index (χ1v) is 4.25. The highest BCUT2D eigenvalue weighted by atomic mass is 16.5. The summed E-state index contributed by atoms with van der Waals surface area (Å²) in [6.07, 6.45) is 5.57. The topological polar surface area (TPSA) is 48.1 Å². The molecule has 0 amide bonds. The molecule has 0 unspecified atom stereocenters. The Balaban J connectivity index is 2.49. The summed E-state index contributed by atoms with van der Waals surface area (Å²) >= 11 is 0. The van der Waals surface area contributed by atoms with Crippen molar-refractivity contribution in [2.45, 2.75) is 13.5 Å². The van der Waals surface area contributed by atoms with Crippen LogP contribution in [-0.2, 0) is 6.54 Å². The molecule has 70 valence electrons. The van der Waals surface area contributed by atoms with Gasteiger partial charge in [0.15, 0.2) is 0 Å². The fourth-order valence-electron chi connectivity index (χ4n) is 0.858. The molecule has 3 nitrogen and oxygen atoms in total. The van der Waals surface area contributed by atoms with Crippen LogP contribution in [0.5, 0.6) is 5.75 Å². The third-order valence-electron chi connectivity index (χ3n) is 1.59. The van der Waals surface area contributed by atoms with E-state index in [0.29, 0.717) is 13.2 Å². The minimum atomic E-state index is 0.467. The SMILES string of the molecule is CC=CCOc1ccc(CN)nc1. The van der Waals surface area contributed by atoms with E-state index in [4.69, 9.17) is 10.5 Å². The number of nitrogens with two attached hydrogens (primary N) is 1. The molecule has 13 heavy (non-hydrogen) atoms. The van der Waals surface area contributed by atoms with Gasteiger partial charge in [-0.1, -0.05) is 12.2 Å². The van der Waals surface area contributed by atoms with Crippen LogP contribution in [0.15, 0.2) is 30.5 Å². The molecule has 1 aromatic heterocycles. The fourth-order valence-corrected chi connectivity index (χ4v) is 0.858. The minimum Gasteiger partial charge on any atom is -0.488 e. The summed E-state index contributed by atoms with van der Waals surface area (Å²) in [5.41, 5.74) is 6.28. The maximum Gasteiger partial charge on any atom is 0.138 e. The van der Waals surface area contributed by atoms with Gasteiger partial charge in [-0.2, -0.15) is 0 Å². The van der Waals surface area contributed by atoms with E-state index in [0.717, 1.165) is 11.4 Å². The molecular weight excluding hydrogens is 164 g/mol. The molecule has 0 aromatic carbocycles. The number of allylic oxidation sites excluding steroid dienone is 1. The van der Waals surface area contributed by atoms with Crippen molar-refractivity contribution in [1.29, 1.82) is 0 Å². The summed E-state index contributed by atoms with van der Waals surface area (Å²) in [5.74, 6) is 0.773. The van der Waals surface area contributed by atoms with E-state index in [-0.39, 0.29) is 0 Å². The second kappa shape index (κ2) is 5.32. The van der Waals surface area contributed by atoms with Crippen molar-refractivity contribution >= 4 is 0 Å². The van der Waals surface area contributed by atoms with Gasteiger partial charge >= 0.3 is 0 Å². The highest BCUT2D eigenvalue weighted by Gasteiger charge is 1.93. The lowest BCUT2D eigenvalue weighted by Gasteiger charge is -2.02. The maximum atomic E-state index is 5.41. The molecule has 0 atom stereocenters. The predicted molar refractivity (Wildman–Crippen MR) is 52.4 cm³/mol. The van der Waals surface area contributed by atoms with Gasteiger partial charge in [0.05, 0.1) is 11.9 Å². The van der Waals surface area contributed by atoms with Crippen LogP contribution in [0.25, 0.3) is 0 Å². The van der Waals surface area contributed by atoms with Gasteiger partial charge < -0.3 is 10.5 Å². The molecule has 0 radical (unpaired) electrons. The zero-order valence-corrected chi connectivity index (χ0v) is 7.73. The number of hydrogen-bond donors (Lipinski definition) is 1. The van der Waals surface area contributed by atoms with Crippen molar-refractivity contribution in [1.82, 2.24) is 4.98 Å². The molecule has 0 fully saturated rings. The van der Waals surface area contributed by atoms with Crippen molar-refractivity contribution < 1.29 is 4.74 Å². The number of ether oxygens (including phenoxy) is 1. The molecule has 0 saturated carbocycles. The smallest absolute Gasteiger partial charge is 0.138 e. The summed E-state index contributed by atoms with van der Waals surface area (Å²) in [7, 11) is 0. The number of hydrogen-bond acceptors (Lipinski definition) is 3. The normalized spacial score (nSPS) is 10.6. The maximum absolute atomic E-state index is 5.41. The average molecular weight is 178 g/mol. The molecule has 2 N–H and O–H groups in total. The second-order valence-corrected chi connectivity index (χ2v) is 2.57. The second-order valence-electron chi connectivity index (χ2n) is 2.57. The summed E-state index contributed by atoms with van der Waals surface area (Å²) in [4.78, 5) is 4.10. The quantitative estimate of drug-likeness (QED) is 0.711. The van der Waals surface area contributed by atoms with E-state index in [9.17, 15) is 0 Å². The summed E-state index contributed by atoms with van der Waals surface area (Å²) < 4.78 is 5.36. The van der Waals surface area contributed by atoms with Crippen molar-refractivity contribution in [2.75, 3.05) is 6.61 Å². The summed E-state index contributed by atoms with van der Waals surface area (Å²) in [5, 5.41) is 0. The standard InChI is InChI=1S/C10H14N2O/c1-2-3-6-13-10-5-4-9(7-11)12-8-10/h2-5,8H,6-7,11H2,1H3. The first kappa shape index (κ1) is 9.74. The minimum absolute atomic E-state index is 0.467. The van der Waals surface area contributed by atoms with E-state index in [1.165, 1.54) is 0 Å². The zero-order chi connectivity index (χ0) is 9.52. The van der Waals surface area contributed by atoms with Gasteiger partial charge in [0, 0.05) is 6.54 Å². The molecule has 0 bridgehead atoms. The first-order valence-electron chi connectivity index (χ1n) is 4.25. The lowest BCUT2D eigenvalue weighted by atomic mass is 10.3. The van der Waals surface area contributed by atoms with Gasteiger partial charge in [-0.3, -0.25) is 4.98 Å². The fraction of sp³-hybridized carbons (Fsp3) is 0.300. The highest BCUT2D eigenvalue weighted by molar-refractivity contribution is 5.19. The van der Waals surface area contributed by atoms with E-state index >= 15 is 0 Å². The summed E-state index contributed by atoms with van der Waals surface area (Å²) in [6, 6.07) is 3.74. The lowest BCUT2D eigenvalue weighted by molar-refractivity contribution is 0.361. The number of rotatable bonds is 4. The largest absolute Gasteiger partial charge is 0.488 e. The molecular formula is C10H14N2O. The van der Waals surface area contributed by atoms with Crippen LogP contribution in [-0.4, -0.2) is 11.6 Å². The Morgan fingerprint density at radius 1 is 1.54 bits per heavy atom. The van der Waals surface area contributed by atoms with Gasteiger partial charge in [-0.25, -0.2) is 0 Å². The molecule has 3 heteroatoms. The van der Waals surface area contributed by atoms with Crippen molar-refractivity contribution in [3.05, 3.63) is 36.2 Å². The molecule has 0 aliphatic rings. The monoisotopic (exact) mass is 178 g/mol. The van der Waals surface area contributed by atoms with E-state index in [1.807, 2.05) is 31.2 Å². The number of nitrogens with zero attached hydrogens (tertiary/aromatic N) is 1. The van der Waals surface area contributed by atoms with E-state index < -0.39 is 0 Å². The van der Waals surface area contributed by atoms with E-state index in [2.05, 4.69) is 4.98 Å². The van der Waals surface area contributed by atoms with Crippen LogP contribution in [0.2, 0.25) is 0 Å². The molecule has 0 aliphatic carbocycles. The third-order valence-corrected chi connectivity index (χ3v) is 1.59. The molecule has 1 aromatic rings. The van der Waals surface area contributed by atoms with Crippen LogP contribution in [0, 0.1) is 0 Å². The highest BCUT2D eigenvalue weighted by Crippen LogP contribution is 2.08. The van der Waals surface area contributed by atoms with Crippen LogP contribution in [0.3, 0.4) is 0 Å². The Labute approximate surface area is 78.2 Å². The van der Waals surface area contributed by atoms with Crippen molar-refractivity contribution in [2.24, 2.45) is 5.73 Å². The molecule has 1 rings (SSSR count). The Morgan fingerprint density at radius 3 is 2.92 bits per heavy atom. The van der Waals surface area contributed by atoms with Crippen LogP contribution >= 0.6 is 0 Å². The molecule has 0 spiro atoms. The lowest BCUT2D eigenvalue weighted by Crippen LogP contribution is -2.00. The third kappa shape index (κ3) is 3.25. The van der Waals surface area contributed by atoms with E-state index in [1.54, 1.807) is 6.20 Å². The zero-order valence-electron chi connectivity index (χ0n) is 7.73. The predicted octanol–water partition coefficient (Wildman–Crippen LogP) is 1.50. The molecule has 0 aliphatic heterocycles. The Hall–Kier alpha value is -1.35. The number of pyridine rings is 1. The van der Waals surface area contributed by atoms with Crippen molar-refractivity contribution in [3.8, 4) is 5.75 Å². The Morgan fingerprint density at radius 2 is 2.38 bits per heavy atom. The molecule has 1 heterocycles. The Kier molecular flexibility index (Phi) is 3.99. The summed E-state index contributed by atoms with van der Waals surface area (Å²) in [6.45, 7) is 3.01. The van der Waals surface area contributed by atoms with Crippen LogP contribution in [0.1, 0.15) is 12.6 Å². The number of aromatic nitrogens is 1. The Bertz CT molecular complexity index is 267.